The van der Waals surface area contributed by atoms with E-state index >= 15 is 0 Å². The molecule has 1 aromatic rings. The Labute approximate surface area is 129 Å². The van der Waals surface area contributed by atoms with Crippen molar-refractivity contribution in [1.29, 1.82) is 0 Å². The van der Waals surface area contributed by atoms with Gasteiger partial charge < -0.3 is 14.4 Å². The van der Waals surface area contributed by atoms with Crippen molar-refractivity contribution in [2.45, 2.75) is 24.8 Å². The maximum atomic E-state index is 12.7. The molecule has 1 spiro atoms. The zero-order chi connectivity index (χ0) is 15.1. The Bertz CT molecular complexity index is 519. The van der Waals surface area contributed by atoms with Gasteiger partial charge in [0.2, 0.25) is 0 Å². The van der Waals surface area contributed by atoms with Gasteiger partial charge in [-0.3, -0.25) is 0 Å². The number of hydrogen-bond donors (Lipinski definition) is 0. The highest BCUT2D eigenvalue weighted by Gasteiger charge is 2.40. The van der Waals surface area contributed by atoms with E-state index in [9.17, 15) is 13.2 Å². The summed E-state index contributed by atoms with van der Waals surface area (Å²) in [6, 6.07) is 3.76. The van der Waals surface area contributed by atoms with Gasteiger partial charge in [-0.2, -0.15) is 13.2 Å². The average molecular weight is 366 g/mol. The summed E-state index contributed by atoms with van der Waals surface area (Å²) in [5.74, 6) is -0.477. The lowest BCUT2D eigenvalue weighted by atomic mass is 10.0. The van der Waals surface area contributed by atoms with E-state index < -0.39 is 17.5 Å². The van der Waals surface area contributed by atoms with Gasteiger partial charge in [0.25, 0.3) is 0 Å². The number of anilines is 1. The summed E-state index contributed by atoms with van der Waals surface area (Å²) in [6.45, 7) is 2.63. The molecule has 2 fully saturated rings. The van der Waals surface area contributed by atoms with Crippen LogP contribution in [-0.2, 0) is 15.7 Å². The van der Waals surface area contributed by atoms with E-state index in [-0.39, 0.29) is 0 Å². The lowest BCUT2D eigenvalue weighted by Crippen LogP contribution is -2.45. The van der Waals surface area contributed by atoms with Crippen molar-refractivity contribution in [2.24, 2.45) is 0 Å². The zero-order valence-corrected chi connectivity index (χ0v) is 12.8. The predicted molar refractivity (Wildman–Crippen MR) is 75.2 cm³/mol. The second-order valence-corrected chi connectivity index (χ2v) is 6.11. The minimum atomic E-state index is -4.32. The lowest BCUT2D eigenvalue weighted by molar-refractivity contribution is -0.169. The highest BCUT2D eigenvalue weighted by atomic mass is 79.9. The molecule has 0 radical (unpaired) electrons. The second-order valence-electron chi connectivity index (χ2n) is 5.26. The summed E-state index contributed by atoms with van der Waals surface area (Å²) in [5, 5.41) is 0. The molecule has 2 aliphatic rings. The smallest absolute Gasteiger partial charge is 0.370 e. The summed E-state index contributed by atoms with van der Waals surface area (Å²) in [4.78, 5) is 2.06. The molecular formula is C14H15BrF3NO2. The van der Waals surface area contributed by atoms with Gasteiger partial charge in [-0.25, -0.2) is 0 Å². The van der Waals surface area contributed by atoms with Crippen LogP contribution in [-0.4, -0.2) is 32.1 Å². The third-order valence-electron chi connectivity index (χ3n) is 3.95. The van der Waals surface area contributed by atoms with Crippen molar-refractivity contribution in [2.75, 3.05) is 31.2 Å². The molecule has 21 heavy (non-hydrogen) atoms. The molecule has 2 aliphatic heterocycles. The Morgan fingerprint density at radius 2 is 1.71 bits per heavy atom. The SMILES string of the molecule is FC(F)(F)c1ccc(N2CCC3(CC2)OCCO3)c(Br)c1. The zero-order valence-electron chi connectivity index (χ0n) is 11.3. The standard InChI is InChI=1S/C14H15BrF3NO2/c15-11-9-10(14(16,17)18)1-2-12(11)19-5-3-13(4-6-19)20-7-8-21-13/h1-2,9H,3-8H2. The van der Waals surface area contributed by atoms with E-state index in [4.69, 9.17) is 9.47 Å². The number of halogens is 4. The molecular weight excluding hydrogens is 351 g/mol. The van der Waals surface area contributed by atoms with Crippen LogP contribution in [0.5, 0.6) is 0 Å². The quantitative estimate of drug-likeness (QED) is 0.755. The predicted octanol–water partition coefficient (Wildman–Crippen LogP) is 3.81. The van der Waals surface area contributed by atoms with Crippen LogP contribution < -0.4 is 4.90 Å². The topological polar surface area (TPSA) is 21.7 Å². The Kier molecular flexibility index (Phi) is 3.92. The molecule has 1 aromatic carbocycles. The van der Waals surface area contributed by atoms with Crippen molar-refractivity contribution in [3.63, 3.8) is 0 Å². The number of hydrogen-bond acceptors (Lipinski definition) is 3. The Morgan fingerprint density at radius 3 is 2.24 bits per heavy atom. The highest BCUT2D eigenvalue weighted by molar-refractivity contribution is 9.10. The van der Waals surface area contributed by atoms with E-state index in [1.165, 1.54) is 6.07 Å². The molecule has 0 aromatic heterocycles. The molecule has 0 atom stereocenters. The van der Waals surface area contributed by atoms with E-state index in [1.54, 1.807) is 0 Å². The first-order valence-electron chi connectivity index (χ1n) is 6.79. The Balaban J connectivity index is 1.73. The highest BCUT2D eigenvalue weighted by Crippen LogP contribution is 2.38. The third kappa shape index (κ3) is 3.05. The van der Waals surface area contributed by atoms with Crippen molar-refractivity contribution in [3.8, 4) is 0 Å². The molecule has 0 bridgehead atoms. The first-order chi connectivity index (χ1) is 9.90. The fraction of sp³-hybridized carbons (Fsp3) is 0.571. The summed E-state index contributed by atoms with van der Waals surface area (Å²) in [7, 11) is 0. The minimum Gasteiger partial charge on any atom is -0.370 e. The van der Waals surface area contributed by atoms with Crippen LogP contribution >= 0.6 is 15.9 Å². The fourth-order valence-corrected chi connectivity index (χ4v) is 3.44. The second kappa shape index (κ2) is 5.44. The summed E-state index contributed by atoms with van der Waals surface area (Å²) in [6.07, 6.45) is -2.88. The van der Waals surface area contributed by atoms with Gasteiger partial charge in [-0.15, -0.1) is 0 Å². The first-order valence-corrected chi connectivity index (χ1v) is 7.59. The van der Waals surface area contributed by atoms with Gasteiger partial charge in [0.05, 0.1) is 24.5 Å². The van der Waals surface area contributed by atoms with E-state index in [0.29, 0.717) is 30.8 Å². The van der Waals surface area contributed by atoms with Crippen LogP contribution in [0, 0.1) is 0 Å². The number of benzene rings is 1. The summed E-state index contributed by atoms with van der Waals surface area (Å²) in [5.41, 5.74) is 0.130. The number of nitrogens with zero attached hydrogens (tertiary/aromatic N) is 1. The van der Waals surface area contributed by atoms with Crippen LogP contribution in [0.15, 0.2) is 22.7 Å². The van der Waals surface area contributed by atoms with Crippen LogP contribution in [0.4, 0.5) is 18.9 Å². The van der Waals surface area contributed by atoms with Crippen molar-refractivity contribution >= 4 is 21.6 Å². The maximum absolute atomic E-state index is 12.7. The normalized spacial score (nSPS) is 22.0. The van der Waals surface area contributed by atoms with Gasteiger partial charge in [0.1, 0.15) is 0 Å². The third-order valence-corrected chi connectivity index (χ3v) is 4.59. The van der Waals surface area contributed by atoms with Crippen LogP contribution in [0.25, 0.3) is 0 Å². The minimum absolute atomic E-state index is 0.460. The number of rotatable bonds is 1. The molecule has 0 saturated carbocycles. The number of alkyl halides is 3. The Hall–Kier alpha value is -0.790. The number of piperidine rings is 1. The van der Waals surface area contributed by atoms with Gasteiger partial charge >= 0.3 is 6.18 Å². The van der Waals surface area contributed by atoms with Crippen molar-refractivity contribution < 1.29 is 22.6 Å². The first kappa shape index (κ1) is 15.1. The van der Waals surface area contributed by atoms with Crippen molar-refractivity contribution in [3.05, 3.63) is 28.2 Å². The maximum Gasteiger partial charge on any atom is 0.416 e. The van der Waals surface area contributed by atoms with Gasteiger partial charge in [-0.1, -0.05) is 0 Å². The van der Waals surface area contributed by atoms with Crippen LogP contribution in [0.2, 0.25) is 0 Å². The molecule has 3 nitrogen and oxygen atoms in total. The van der Waals surface area contributed by atoms with Gasteiger partial charge in [0, 0.05) is 30.4 Å². The van der Waals surface area contributed by atoms with Crippen LogP contribution in [0.1, 0.15) is 18.4 Å². The molecule has 7 heteroatoms. The number of ether oxygens (including phenoxy) is 2. The van der Waals surface area contributed by atoms with Crippen molar-refractivity contribution in [1.82, 2.24) is 0 Å². The van der Waals surface area contributed by atoms with Gasteiger partial charge in [-0.05, 0) is 34.1 Å². The molecule has 0 amide bonds. The monoisotopic (exact) mass is 365 g/mol. The Morgan fingerprint density at radius 1 is 1.10 bits per heavy atom. The summed E-state index contributed by atoms with van der Waals surface area (Å²) >= 11 is 3.25. The molecule has 0 unspecified atom stereocenters. The molecule has 116 valence electrons. The molecule has 0 aliphatic carbocycles. The molecule has 3 rings (SSSR count). The van der Waals surface area contributed by atoms with E-state index in [0.717, 1.165) is 30.7 Å². The summed E-state index contributed by atoms with van der Waals surface area (Å²) < 4.78 is 49.8. The molecule has 2 heterocycles. The lowest BCUT2D eigenvalue weighted by Gasteiger charge is -2.39. The fourth-order valence-electron chi connectivity index (χ4n) is 2.81. The van der Waals surface area contributed by atoms with Gasteiger partial charge in [0.15, 0.2) is 5.79 Å². The van der Waals surface area contributed by atoms with Crippen LogP contribution in [0.3, 0.4) is 0 Å². The average Bonchev–Trinajstić information content (AvgIpc) is 2.87. The van der Waals surface area contributed by atoms with E-state index in [2.05, 4.69) is 20.8 Å². The largest absolute Gasteiger partial charge is 0.416 e. The van der Waals surface area contributed by atoms with E-state index in [1.807, 2.05) is 0 Å². The molecule has 0 N–H and O–H groups in total. The molecule has 2 saturated heterocycles.